The molecule has 2 aliphatic rings. The number of Topliss-reactive ketones (excluding diaryl/α,β-unsaturated/α-hetero) is 1. The number of nitrogen functional groups attached to an aromatic ring is 1. The Balaban J connectivity index is 1.10. The number of benzene rings is 3. The molecule has 0 spiro atoms. The molecule has 0 radical (unpaired) electrons. The Labute approximate surface area is 321 Å². The summed E-state index contributed by atoms with van der Waals surface area (Å²) in [6.45, 7) is 3.88. The second-order valence-electron chi connectivity index (χ2n) is 13.5. The van der Waals surface area contributed by atoms with E-state index in [9.17, 15) is 9.59 Å². The molecule has 2 fully saturated rings. The summed E-state index contributed by atoms with van der Waals surface area (Å²) < 4.78 is 45.8. The zero-order valence-corrected chi connectivity index (χ0v) is 31.5. The van der Waals surface area contributed by atoms with Gasteiger partial charge in [0, 0.05) is 71.5 Å². The Bertz CT molecular complexity index is 2180. The minimum absolute atomic E-state index is 0.0130. The average Bonchev–Trinajstić information content (AvgIpc) is 3.19. The van der Waals surface area contributed by atoms with Crippen molar-refractivity contribution in [3.63, 3.8) is 0 Å². The zero-order chi connectivity index (χ0) is 37.6. The predicted molar refractivity (Wildman–Crippen MR) is 208 cm³/mol. The van der Waals surface area contributed by atoms with E-state index >= 15 is 4.39 Å². The van der Waals surface area contributed by atoms with Crippen LogP contribution in [0.3, 0.4) is 0 Å². The molecule has 7 rings (SSSR count). The summed E-state index contributed by atoms with van der Waals surface area (Å²) in [4.78, 5) is 32.1. The van der Waals surface area contributed by atoms with Gasteiger partial charge in [0.05, 0.1) is 32.5 Å². The molecule has 2 aromatic heterocycles. The SMILES string of the molecule is COc1cc(-c2cnc(N)c(-c3ccc(CC(=O)c4cn(CC5CCOCC5)cc(-c5ccc(Br)cc5F)c4=O)cc3)c2)ccc1OC[C@H]1COCCO1. The number of rotatable bonds is 12. The molecule has 0 bridgehead atoms. The number of ether oxygens (including phenoxy) is 5. The molecule has 10 nitrogen and oxygen atoms in total. The maximum atomic E-state index is 15.1. The third-order valence-electron chi connectivity index (χ3n) is 9.77. The number of aromatic nitrogens is 2. The topological polar surface area (TPSA) is 124 Å². The number of nitrogens with zero attached hydrogens (tertiary/aromatic N) is 2. The third kappa shape index (κ3) is 8.73. The van der Waals surface area contributed by atoms with Gasteiger partial charge in [0.25, 0.3) is 0 Å². The highest BCUT2D eigenvalue weighted by molar-refractivity contribution is 9.10. The lowest BCUT2D eigenvalue weighted by Crippen LogP contribution is -2.33. The molecule has 54 heavy (non-hydrogen) atoms. The number of nitrogens with two attached hydrogens (primary N) is 1. The van der Waals surface area contributed by atoms with Crippen molar-refractivity contribution >= 4 is 27.5 Å². The van der Waals surface area contributed by atoms with Gasteiger partial charge in [-0.1, -0.05) is 52.3 Å². The number of halogens is 2. The number of anilines is 1. The van der Waals surface area contributed by atoms with Gasteiger partial charge in [-0.3, -0.25) is 9.59 Å². The molecule has 280 valence electrons. The van der Waals surface area contributed by atoms with E-state index < -0.39 is 11.2 Å². The molecule has 2 saturated heterocycles. The fraction of sp³-hybridized carbons (Fsp3) is 0.310. The van der Waals surface area contributed by atoms with Crippen molar-refractivity contribution in [2.24, 2.45) is 5.92 Å². The second-order valence-corrected chi connectivity index (χ2v) is 14.4. The lowest BCUT2D eigenvalue weighted by Gasteiger charge is -2.23. The van der Waals surface area contributed by atoms with Crippen LogP contribution < -0.4 is 20.6 Å². The van der Waals surface area contributed by atoms with E-state index in [-0.39, 0.29) is 35.0 Å². The third-order valence-corrected chi connectivity index (χ3v) is 10.3. The quantitative estimate of drug-likeness (QED) is 0.129. The fourth-order valence-electron chi connectivity index (χ4n) is 6.79. The number of carbonyl (C=O) groups excluding carboxylic acids is 1. The summed E-state index contributed by atoms with van der Waals surface area (Å²) in [7, 11) is 1.59. The van der Waals surface area contributed by atoms with Crippen LogP contribution >= 0.6 is 15.9 Å². The predicted octanol–water partition coefficient (Wildman–Crippen LogP) is 7.38. The first-order valence-corrected chi connectivity index (χ1v) is 18.7. The molecule has 4 heterocycles. The van der Waals surface area contributed by atoms with Crippen LogP contribution in [0, 0.1) is 11.7 Å². The van der Waals surface area contributed by atoms with Gasteiger partial charge in [0.1, 0.15) is 24.3 Å². The molecule has 1 atom stereocenters. The molecular formula is C42H41BrFN3O7. The van der Waals surface area contributed by atoms with Gasteiger partial charge < -0.3 is 34.0 Å². The summed E-state index contributed by atoms with van der Waals surface area (Å²) >= 11 is 3.29. The van der Waals surface area contributed by atoms with Crippen LogP contribution in [0.5, 0.6) is 11.5 Å². The number of carbonyl (C=O) groups is 1. The van der Waals surface area contributed by atoms with Crippen LogP contribution in [-0.4, -0.2) is 68.2 Å². The number of methoxy groups -OCH3 is 1. The first-order valence-electron chi connectivity index (χ1n) is 17.9. The Morgan fingerprint density at radius 1 is 0.907 bits per heavy atom. The lowest BCUT2D eigenvalue weighted by atomic mass is 9.96. The average molecular weight is 799 g/mol. The van der Waals surface area contributed by atoms with Gasteiger partial charge in [-0.05, 0) is 65.8 Å². The lowest BCUT2D eigenvalue weighted by molar-refractivity contribution is -0.101. The fourth-order valence-corrected chi connectivity index (χ4v) is 7.12. The van der Waals surface area contributed by atoms with E-state index in [4.69, 9.17) is 29.4 Å². The van der Waals surface area contributed by atoms with E-state index in [0.717, 1.165) is 35.1 Å². The van der Waals surface area contributed by atoms with Crippen molar-refractivity contribution < 1.29 is 32.9 Å². The van der Waals surface area contributed by atoms with Gasteiger partial charge in [-0.25, -0.2) is 9.37 Å². The van der Waals surface area contributed by atoms with Crippen molar-refractivity contribution in [2.75, 3.05) is 52.5 Å². The minimum atomic E-state index is -0.543. The smallest absolute Gasteiger partial charge is 0.200 e. The van der Waals surface area contributed by atoms with Crippen LogP contribution in [0.25, 0.3) is 33.4 Å². The Kier molecular flexibility index (Phi) is 11.8. The van der Waals surface area contributed by atoms with E-state index in [1.165, 1.54) is 6.07 Å². The van der Waals surface area contributed by atoms with Crippen molar-refractivity contribution in [3.8, 4) is 44.9 Å². The first kappa shape index (κ1) is 37.4. The van der Waals surface area contributed by atoms with Gasteiger partial charge in [0.15, 0.2) is 22.7 Å². The summed E-state index contributed by atoms with van der Waals surface area (Å²) in [6.07, 6.45) is 6.56. The van der Waals surface area contributed by atoms with Crippen LogP contribution in [-0.2, 0) is 27.2 Å². The number of pyridine rings is 2. The Hall–Kier alpha value is -4.88. The van der Waals surface area contributed by atoms with E-state index in [0.29, 0.717) is 79.5 Å². The highest BCUT2D eigenvalue weighted by Crippen LogP contribution is 2.35. The largest absolute Gasteiger partial charge is 0.493 e. The van der Waals surface area contributed by atoms with E-state index in [1.54, 1.807) is 37.8 Å². The number of hydrogen-bond donors (Lipinski definition) is 1. The van der Waals surface area contributed by atoms with Crippen LogP contribution in [0.1, 0.15) is 28.8 Å². The van der Waals surface area contributed by atoms with Crippen molar-refractivity contribution in [1.29, 1.82) is 0 Å². The van der Waals surface area contributed by atoms with E-state index in [1.807, 2.05) is 53.1 Å². The molecule has 0 amide bonds. The summed E-state index contributed by atoms with van der Waals surface area (Å²) in [5.74, 6) is 0.938. The molecular weight excluding hydrogens is 757 g/mol. The van der Waals surface area contributed by atoms with Crippen molar-refractivity contribution in [2.45, 2.75) is 31.9 Å². The van der Waals surface area contributed by atoms with Crippen LogP contribution in [0.2, 0.25) is 0 Å². The summed E-state index contributed by atoms with van der Waals surface area (Å²) in [6, 6.07) is 19.6. The van der Waals surface area contributed by atoms with Gasteiger partial charge in [-0.15, -0.1) is 0 Å². The normalized spacial score (nSPS) is 16.2. The number of ketones is 1. The zero-order valence-electron chi connectivity index (χ0n) is 29.9. The maximum absolute atomic E-state index is 15.1. The molecule has 2 N–H and O–H groups in total. The van der Waals surface area contributed by atoms with Crippen molar-refractivity contribution in [3.05, 3.63) is 117 Å². The maximum Gasteiger partial charge on any atom is 0.200 e. The molecule has 0 unspecified atom stereocenters. The van der Waals surface area contributed by atoms with Crippen LogP contribution in [0.15, 0.2) is 94.6 Å². The number of hydrogen-bond acceptors (Lipinski definition) is 9. The molecule has 3 aromatic carbocycles. The minimum Gasteiger partial charge on any atom is -0.493 e. The molecule has 0 saturated carbocycles. The molecule has 12 heteroatoms. The molecule has 5 aromatic rings. The molecule has 0 aliphatic carbocycles. The Morgan fingerprint density at radius 3 is 2.44 bits per heavy atom. The highest BCUT2D eigenvalue weighted by atomic mass is 79.9. The summed E-state index contributed by atoms with van der Waals surface area (Å²) in [5.41, 5.74) is 10.1. The highest BCUT2D eigenvalue weighted by Gasteiger charge is 2.22. The van der Waals surface area contributed by atoms with Crippen molar-refractivity contribution in [1.82, 2.24) is 9.55 Å². The van der Waals surface area contributed by atoms with Gasteiger partial charge >= 0.3 is 0 Å². The van der Waals surface area contributed by atoms with Crippen LogP contribution in [0.4, 0.5) is 10.2 Å². The van der Waals surface area contributed by atoms with Gasteiger partial charge in [0.2, 0.25) is 0 Å². The monoisotopic (exact) mass is 797 g/mol. The standard InChI is InChI=1S/C42H41BrFN3O7/c1-50-40-18-29(6-9-39(40)54-25-32-24-52-14-15-53-32)30-17-34(42(45)46-20-30)28-4-2-26(3-5-28)16-38(48)36-23-47(21-27-10-12-51-13-11-27)22-35(41(36)49)33-8-7-31(43)19-37(33)44/h2-9,17-20,22-23,27,32H,10-16,21,24-25H2,1H3,(H2,45,46)/t32-/m1/s1. The first-order chi connectivity index (χ1) is 26.2. The van der Waals surface area contributed by atoms with E-state index in [2.05, 4.69) is 20.9 Å². The molecule has 2 aliphatic heterocycles. The van der Waals surface area contributed by atoms with Gasteiger partial charge in [-0.2, -0.15) is 0 Å². The summed E-state index contributed by atoms with van der Waals surface area (Å²) in [5, 5.41) is 0. The Morgan fingerprint density at radius 2 is 1.70 bits per heavy atom. The second kappa shape index (κ2) is 17.1.